The topological polar surface area (TPSA) is 51.8 Å². The molecule has 3 fully saturated rings. The Morgan fingerprint density at radius 1 is 0.418 bits per heavy atom. The highest BCUT2D eigenvalue weighted by atomic mass is 32.3. The summed E-state index contributed by atoms with van der Waals surface area (Å²) in [7, 11) is -1.97. The molecule has 2 saturated carbocycles. The van der Waals surface area contributed by atoms with E-state index in [1.165, 1.54) is 55.3 Å². The van der Waals surface area contributed by atoms with Crippen LogP contribution in [0.3, 0.4) is 0 Å². The fourth-order valence-corrected chi connectivity index (χ4v) is 16.5. The monoisotopic (exact) mass is 884 g/mol. The number of hydrogen-bond acceptors (Lipinski definition) is 4. The maximum absolute atomic E-state index is 5.55. The molecule has 11 aromatic rings. The van der Waals surface area contributed by atoms with E-state index in [-0.39, 0.29) is 0 Å². The first-order chi connectivity index (χ1) is 33.1. The number of benzene rings is 8. The zero-order valence-corrected chi connectivity index (χ0v) is 38.0. The minimum atomic E-state index is -1.97. The van der Waals surface area contributed by atoms with Gasteiger partial charge in [0.2, 0.25) is 11.9 Å². The van der Waals surface area contributed by atoms with Crippen LogP contribution < -0.4 is 4.90 Å². The first-order valence-electron chi connectivity index (χ1n) is 23.8. The van der Waals surface area contributed by atoms with Gasteiger partial charge in [-0.05, 0) is 129 Å². The van der Waals surface area contributed by atoms with Crippen LogP contribution in [0.2, 0.25) is 0 Å². The van der Waals surface area contributed by atoms with E-state index in [0.717, 1.165) is 56.2 Å². The van der Waals surface area contributed by atoms with E-state index in [9.17, 15) is 0 Å². The summed E-state index contributed by atoms with van der Waals surface area (Å²) in [5.41, 5.74) is 6.52. The summed E-state index contributed by atoms with van der Waals surface area (Å²) in [6, 6.07) is 76.3. The van der Waals surface area contributed by atoms with Crippen molar-refractivity contribution in [3.8, 4) is 23.3 Å². The summed E-state index contributed by atoms with van der Waals surface area (Å²) in [4.78, 5) is 24.3. The van der Waals surface area contributed by atoms with E-state index in [4.69, 9.17) is 15.0 Å². The number of fused-ring (bicyclic) bond motifs is 6. The van der Waals surface area contributed by atoms with Crippen molar-refractivity contribution >= 4 is 59.3 Å². The number of aromatic nitrogens is 5. The molecule has 3 aromatic heterocycles. The van der Waals surface area contributed by atoms with Crippen molar-refractivity contribution in [2.24, 2.45) is 17.8 Å². The van der Waals surface area contributed by atoms with E-state index in [1.807, 2.05) is 0 Å². The Hall–Kier alpha value is -7.48. The second kappa shape index (κ2) is 15.0. The molecular formula is C60H48N6S. The predicted molar refractivity (Wildman–Crippen MR) is 274 cm³/mol. The van der Waals surface area contributed by atoms with Crippen LogP contribution in [-0.4, -0.2) is 36.2 Å². The number of nitrogens with zero attached hydrogens (tertiary/aromatic N) is 6. The fourth-order valence-electron chi connectivity index (χ4n) is 12.6. The standard InChI is InChI=1S/C60H48N6S/c1-39-34-41-35-42-37-56(57(41)42)64(39)43-32-33-55-51(38-43)50-28-13-16-31-54(50)66(55)60-62-58(61-59(63-60)65-52-29-14-11-26-48(52)49-27-12-15-30-53(49)65)40-18-17-25-47(36-40)67(44-19-5-2-6-20-44,45-21-7-3-8-22-45)46-23-9-4-10-24-46/h2-33,36,38-39,41-42,56-57H,34-35,37H2,1H3. The Kier molecular flexibility index (Phi) is 8.69. The zero-order valence-electron chi connectivity index (χ0n) is 37.2. The van der Waals surface area contributed by atoms with Gasteiger partial charge in [0.15, 0.2) is 5.82 Å². The van der Waals surface area contributed by atoms with Gasteiger partial charge in [-0.1, -0.05) is 121 Å². The van der Waals surface area contributed by atoms with Gasteiger partial charge in [-0.25, -0.2) is 0 Å². The van der Waals surface area contributed by atoms with Crippen molar-refractivity contribution in [3.63, 3.8) is 0 Å². The average molecular weight is 885 g/mol. The van der Waals surface area contributed by atoms with Gasteiger partial charge in [0.1, 0.15) is 0 Å². The van der Waals surface area contributed by atoms with Crippen molar-refractivity contribution in [3.05, 3.63) is 206 Å². The molecule has 8 aromatic carbocycles. The number of hydrogen-bond donors (Lipinski definition) is 0. The quantitative estimate of drug-likeness (QED) is 0.153. The molecule has 4 heterocycles. The molecule has 67 heavy (non-hydrogen) atoms. The van der Waals surface area contributed by atoms with Crippen molar-refractivity contribution in [2.75, 3.05) is 4.90 Å². The van der Waals surface area contributed by atoms with Crippen LogP contribution in [0.4, 0.5) is 5.69 Å². The van der Waals surface area contributed by atoms with Crippen LogP contribution in [0.5, 0.6) is 0 Å². The molecule has 324 valence electrons. The molecule has 0 radical (unpaired) electrons. The summed E-state index contributed by atoms with van der Waals surface area (Å²) in [5, 5.41) is 4.73. The van der Waals surface area contributed by atoms with E-state index >= 15 is 0 Å². The van der Waals surface area contributed by atoms with Crippen LogP contribution >= 0.6 is 10.0 Å². The summed E-state index contributed by atoms with van der Waals surface area (Å²) in [6.07, 6.45) is 4.06. The van der Waals surface area contributed by atoms with Crippen molar-refractivity contribution in [2.45, 2.75) is 57.9 Å². The van der Waals surface area contributed by atoms with Crippen LogP contribution in [-0.2, 0) is 0 Å². The molecule has 1 saturated heterocycles. The lowest BCUT2D eigenvalue weighted by molar-refractivity contribution is -0.0823. The molecule has 2 aliphatic carbocycles. The number of piperidine rings is 1. The Bertz CT molecular complexity index is 3540. The second-order valence-electron chi connectivity index (χ2n) is 18.9. The minimum absolute atomic E-state index is 0.528. The predicted octanol–water partition coefficient (Wildman–Crippen LogP) is 14.7. The van der Waals surface area contributed by atoms with Gasteiger partial charge in [-0.2, -0.15) is 15.0 Å². The molecular weight excluding hydrogens is 837 g/mol. The van der Waals surface area contributed by atoms with Crippen molar-refractivity contribution < 1.29 is 0 Å². The van der Waals surface area contributed by atoms with Crippen LogP contribution in [0.1, 0.15) is 26.2 Å². The van der Waals surface area contributed by atoms with E-state index in [0.29, 0.717) is 29.8 Å². The largest absolute Gasteiger partial charge is 0.366 e. The van der Waals surface area contributed by atoms with Crippen LogP contribution in [0.15, 0.2) is 226 Å². The third kappa shape index (κ3) is 5.74. The molecule has 1 aliphatic heterocycles. The van der Waals surface area contributed by atoms with Gasteiger partial charge in [-0.3, -0.25) is 9.13 Å². The third-order valence-electron chi connectivity index (χ3n) is 15.4. The molecule has 7 heteroatoms. The van der Waals surface area contributed by atoms with Gasteiger partial charge in [0, 0.05) is 64.5 Å². The zero-order chi connectivity index (χ0) is 44.2. The van der Waals surface area contributed by atoms with E-state index in [1.54, 1.807) is 0 Å². The summed E-state index contributed by atoms with van der Waals surface area (Å²) >= 11 is 0. The van der Waals surface area contributed by atoms with E-state index in [2.05, 4.69) is 227 Å². The first kappa shape index (κ1) is 38.8. The Morgan fingerprint density at radius 3 is 1.45 bits per heavy atom. The SMILES string of the molecule is CC1CC2CC3CC(C23)N1c1ccc2c(c1)c1ccccc1n2-c1nc(-c2cccc(S(c3ccccc3)(c3ccccc3)c3ccccc3)c2)nc(-n2c3ccccc3c3ccccc32)n1. The van der Waals surface area contributed by atoms with E-state index < -0.39 is 10.0 Å². The molecule has 0 N–H and O–H groups in total. The second-order valence-corrected chi connectivity index (χ2v) is 22.0. The maximum Gasteiger partial charge on any atom is 0.240 e. The van der Waals surface area contributed by atoms with Gasteiger partial charge in [0.05, 0.1) is 22.1 Å². The Labute approximate surface area is 391 Å². The number of para-hydroxylation sites is 3. The summed E-state index contributed by atoms with van der Waals surface area (Å²) in [6.45, 7) is 2.44. The molecule has 5 unspecified atom stereocenters. The lowest BCUT2D eigenvalue weighted by Crippen LogP contribution is -2.68. The normalized spacial score (nSPS) is 20.2. The fraction of sp³-hybridized carbons (Fsp3) is 0.150. The molecule has 5 atom stereocenters. The molecule has 6 nitrogen and oxygen atoms in total. The highest BCUT2D eigenvalue weighted by Crippen LogP contribution is 2.73. The molecule has 14 rings (SSSR count). The molecule has 0 amide bonds. The molecule has 3 aliphatic rings. The van der Waals surface area contributed by atoms with Gasteiger partial charge < -0.3 is 4.90 Å². The highest BCUT2D eigenvalue weighted by molar-refractivity contribution is 8.34. The molecule has 0 spiro atoms. The molecule has 0 bridgehead atoms. The van der Waals surface area contributed by atoms with Crippen LogP contribution in [0, 0.1) is 17.8 Å². The van der Waals surface area contributed by atoms with Gasteiger partial charge >= 0.3 is 0 Å². The van der Waals surface area contributed by atoms with Crippen LogP contribution in [0.25, 0.3) is 66.9 Å². The minimum Gasteiger partial charge on any atom is -0.366 e. The lowest BCUT2D eigenvalue weighted by atomic mass is 9.47. The summed E-state index contributed by atoms with van der Waals surface area (Å²) < 4.78 is 4.50. The third-order valence-corrected chi connectivity index (χ3v) is 19.3. The smallest absolute Gasteiger partial charge is 0.240 e. The van der Waals surface area contributed by atoms with Crippen molar-refractivity contribution in [1.82, 2.24) is 24.1 Å². The first-order valence-corrected chi connectivity index (χ1v) is 25.4. The average Bonchev–Trinajstić information content (AvgIpc) is 3.89. The van der Waals surface area contributed by atoms with Gasteiger partial charge in [0.25, 0.3) is 0 Å². The van der Waals surface area contributed by atoms with Crippen molar-refractivity contribution in [1.29, 1.82) is 0 Å². The highest BCUT2D eigenvalue weighted by Gasteiger charge is 2.59. The lowest BCUT2D eigenvalue weighted by Gasteiger charge is -2.67. The maximum atomic E-state index is 5.55. The van der Waals surface area contributed by atoms with Gasteiger partial charge in [-0.15, -0.1) is 10.0 Å². The summed E-state index contributed by atoms with van der Waals surface area (Å²) in [5.74, 6) is 4.50. The Balaban J connectivity index is 1.02. The Morgan fingerprint density at radius 2 is 0.896 bits per heavy atom. The number of anilines is 1. The number of rotatable bonds is 8.